The lowest BCUT2D eigenvalue weighted by Crippen LogP contribution is -2.00. The second kappa shape index (κ2) is 5.94. The Morgan fingerprint density at radius 2 is 2.00 bits per heavy atom. The standard InChI is InChI=1S/C18H17NO2/c1-13-4-2-5-16(11-20)18(13)21-12-14-7-8-17-15(10-14)6-3-9-19-17/h2-10,20H,11-12H2,1H3. The largest absolute Gasteiger partial charge is 0.488 e. The lowest BCUT2D eigenvalue weighted by atomic mass is 10.1. The van der Waals surface area contributed by atoms with Crippen LogP contribution in [-0.2, 0) is 13.2 Å². The van der Waals surface area contributed by atoms with Gasteiger partial charge < -0.3 is 9.84 Å². The molecule has 0 unspecified atom stereocenters. The first kappa shape index (κ1) is 13.6. The van der Waals surface area contributed by atoms with Crippen LogP contribution < -0.4 is 4.74 Å². The summed E-state index contributed by atoms with van der Waals surface area (Å²) in [6.07, 6.45) is 1.79. The van der Waals surface area contributed by atoms with Crippen LogP contribution in [0.3, 0.4) is 0 Å². The number of rotatable bonds is 4. The Morgan fingerprint density at radius 1 is 1.10 bits per heavy atom. The fraction of sp³-hybridized carbons (Fsp3) is 0.167. The highest BCUT2D eigenvalue weighted by molar-refractivity contribution is 5.78. The minimum atomic E-state index is -0.0152. The Morgan fingerprint density at radius 3 is 2.86 bits per heavy atom. The molecular weight excluding hydrogens is 262 g/mol. The van der Waals surface area contributed by atoms with Crippen LogP contribution in [0.15, 0.2) is 54.7 Å². The highest BCUT2D eigenvalue weighted by Gasteiger charge is 2.06. The molecule has 0 aliphatic heterocycles. The Kier molecular flexibility index (Phi) is 3.84. The monoisotopic (exact) mass is 279 g/mol. The van der Waals surface area contributed by atoms with Crippen LogP contribution in [0.5, 0.6) is 5.75 Å². The van der Waals surface area contributed by atoms with Crippen molar-refractivity contribution in [3.63, 3.8) is 0 Å². The van der Waals surface area contributed by atoms with E-state index in [9.17, 15) is 5.11 Å². The van der Waals surface area contributed by atoms with E-state index in [2.05, 4.69) is 11.1 Å². The Bertz CT molecular complexity index is 768. The first-order valence-corrected chi connectivity index (χ1v) is 6.94. The molecule has 3 heteroatoms. The van der Waals surface area contributed by atoms with Crippen molar-refractivity contribution in [1.82, 2.24) is 4.98 Å². The molecule has 0 radical (unpaired) electrons. The molecule has 0 amide bonds. The number of hydrogen-bond donors (Lipinski definition) is 1. The van der Waals surface area contributed by atoms with Crippen molar-refractivity contribution >= 4 is 10.9 Å². The number of nitrogens with zero attached hydrogens (tertiary/aromatic N) is 1. The van der Waals surface area contributed by atoms with Crippen molar-refractivity contribution in [2.24, 2.45) is 0 Å². The van der Waals surface area contributed by atoms with Gasteiger partial charge in [-0.3, -0.25) is 4.98 Å². The van der Waals surface area contributed by atoms with Gasteiger partial charge in [-0.05, 0) is 36.2 Å². The minimum Gasteiger partial charge on any atom is -0.488 e. The number of pyridine rings is 1. The summed E-state index contributed by atoms with van der Waals surface area (Å²) >= 11 is 0. The topological polar surface area (TPSA) is 42.4 Å². The molecule has 0 fully saturated rings. The van der Waals surface area contributed by atoms with Crippen molar-refractivity contribution in [1.29, 1.82) is 0 Å². The van der Waals surface area contributed by atoms with Gasteiger partial charge in [-0.25, -0.2) is 0 Å². The number of ether oxygens (including phenoxy) is 1. The molecule has 0 aliphatic carbocycles. The van der Waals surface area contributed by atoms with Crippen molar-refractivity contribution in [2.45, 2.75) is 20.1 Å². The van der Waals surface area contributed by atoms with Gasteiger partial charge in [0.15, 0.2) is 0 Å². The average Bonchev–Trinajstić information content (AvgIpc) is 2.53. The molecule has 0 spiro atoms. The van der Waals surface area contributed by atoms with Gasteiger partial charge in [0.05, 0.1) is 12.1 Å². The molecule has 0 saturated carbocycles. The molecule has 3 rings (SSSR count). The van der Waals surface area contributed by atoms with Gasteiger partial charge in [0.2, 0.25) is 0 Å². The molecular formula is C18H17NO2. The number of benzene rings is 2. The van der Waals surface area contributed by atoms with E-state index >= 15 is 0 Å². The van der Waals surface area contributed by atoms with Gasteiger partial charge in [0.1, 0.15) is 12.4 Å². The zero-order valence-electron chi connectivity index (χ0n) is 11.9. The molecule has 1 heterocycles. The van der Waals surface area contributed by atoms with E-state index in [0.717, 1.165) is 33.3 Å². The predicted molar refractivity (Wildman–Crippen MR) is 83.2 cm³/mol. The highest BCUT2D eigenvalue weighted by Crippen LogP contribution is 2.25. The molecule has 0 bridgehead atoms. The van der Waals surface area contributed by atoms with Gasteiger partial charge >= 0.3 is 0 Å². The number of fused-ring (bicyclic) bond motifs is 1. The van der Waals surface area contributed by atoms with E-state index in [0.29, 0.717) is 6.61 Å². The number of hydrogen-bond acceptors (Lipinski definition) is 3. The number of aliphatic hydroxyl groups is 1. The second-order valence-electron chi connectivity index (χ2n) is 5.04. The van der Waals surface area contributed by atoms with Crippen LogP contribution in [0.25, 0.3) is 10.9 Å². The maximum absolute atomic E-state index is 9.39. The number of aryl methyl sites for hydroxylation is 1. The highest BCUT2D eigenvalue weighted by atomic mass is 16.5. The fourth-order valence-corrected chi connectivity index (χ4v) is 2.41. The van der Waals surface area contributed by atoms with Crippen LogP contribution in [0.4, 0.5) is 0 Å². The summed E-state index contributed by atoms with van der Waals surface area (Å²) in [6, 6.07) is 15.9. The van der Waals surface area contributed by atoms with Crippen LogP contribution >= 0.6 is 0 Å². The molecule has 0 aliphatic rings. The third kappa shape index (κ3) is 2.88. The van der Waals surface area contributed by atoms with Gasteiger partial charge in [-0.2, -0.15) is 0 Å². The SMILES string of the molecule is Cc1cccc(CO)c1OCc1ccc2ncccc2c1. The molecule has 3 aromatic rings. The van der Waals surface area contributed by atoms with Crippen LogP contribution in [0, 0.1) is 6.92 Å². The minimum absolute atomic E-state index is 0.0152. The molecule has 1 N–H and O–H groups in total. The third-order valence-electron chi connectivity index (χ3n) is 3.51. The van der Waals surface area contributed by atoms with E-state index in [1.807, 2.05) is 49.4 Å². The number of aromatic nitrogens is 1. The average molecular weight is 279 g/mol. The van der Waals surface area contributed by atoms with Crippen LogP contribution in [-0.4, -0.2) is 10.1 Å². The van der Waals surface area contributed by atoms with Crippen LogP contribution in [0.2, 0.25) is 0 Å². The Labute approximate surface area is 123 Å². The van der Waals surface area contributed by atoms with E-state index in [4.69, 9.17) is 4.74 Å². The summed E-state index contributed by atoms with van der Waals surface area (Å²) in [4.78, 5) is 4.31. The maximum Gasteiger partial charge on any atom is 0.128 e. The lowest BCUT2D eigenvalue weighted by Gasteiger charge is -2.13. The van der Waals surface area contributed by atoms with Gasteiger partial charge in [0, 0.05) is 17.1 Å². The van der Waals surface area contributed by atoms with Gasteiger partial charge in [0.25, 0.3) is 0 Å². The van der Waals surface area contributed by atoms with Crippen molar-refractivity contribution in [3.05, 3.63) is 71.4 Å². The summed E-state index contributed by atoms with van der Waals surface area (Å²) in [5, 5.41) is 10.5. The molecule has 21 heavy (non-hydrogen) atoms. The number of aliphatic hydroxyl groups excluding tert-OH is 1. The Hall–Kier alpha value is -2.39. The number of para-hydroxylation sites is 1. The van der Waals surface area contributed by atoms with Crippen molar-refractivity contribution in [2.75, 3.05) is 0 Å². The zero-order chi connectivity index (χ0) is 14.7. The molecule has 1 aromatic heterocycles. The summed E-state index contributed by atoms with van der Waals surface area (Å²) in [5.74, 6) is 0.770. The van der Waals surface area contributed by atoms with E-state index < -0.39 is 0 Å². The summed E-state index contributed by atoms with van der Waals surface area (Å²) in [5.41, 5.74) is 3.91. The zero-order valence-corrected chi connectivity index (χ0v) is 11.9. The second-order valence-corrected chi connectivity index (χ2v) is 5.04. The molecule has 2 aromatic carbocycles. The van der Waals surface area contributed by atoms with Crippen molar-refractivity contribution in [3.8, 4) is 5.75 Å². The van der Waals surface area contributed by atoms with Crippen LogP contribution in [0.1, 0.15) is 16.7 Å². The summed E-state index contributed by atoms with van der Waals surface area (Å²) in [6.45, 7) is 2.44. The molecule has 0 atom stereocenters. The third-order valence-corrected chi connectivity index (χ3v) is 3.51. The first-order valence-electron chi connectivity index (χ1n) is 6.94. The quantitative estimate of drug-likeness (QED) is 0.793. The molecule has 3 nitrogen and oxygen atoms in total. The van der Waals surface area contributed by atoms with E-state index in [1.54, 1.807) is 6.20 Å². The van der Waals surface area contributed by atoms with Crippen molar-refractivity contribution < 1.29 is 9.84 Å². The predicted octanol–water partition coefficient (Wildman–Crippen LogP) is 3.61. The van der Waals surface area contributed by atoms with E-state index in [1.165, 1.54) is 0 Å². The normalized spacial score (nSPS) is 10.8. The maximum atomic E-state index is 9.39. The Balaban J connectivity index is 1.83. The summed E-state index contributed by atoms with van der Waals surface area (Å²) in [7, 11) is 0. The first-order chi connectivity index (χ1) is 10.3. The smallest absolute Gasteiger partial charge is 0.128 e. The van der Waals surface area contributed by atoms with Gasteiger partial charge in [-0.15, -0.1) is 0 Å². The fourth-order valence-electron chi connectivity index (χ4n) is 2.41. The summed E-state index contributed by atoms with van der Waals surface area (Å²) < 4.78 is 5.91. The van der Waals surface area contributed by atoms with Gasteiger partial charge in [-0.1, -0.05) is 30.3 Å². The molecule has 0 saturated heterocycles. The van der Waals surface area contributed by atoms with E-state index in [-0.39, 0.29) is 6.61 Å². The lowest BCUT2D eigenvalue weighted by molar-refractivity contribution is 0.258. The molecule has 106 valence electrons.